The van der Waals surface area contributed by atoms with Gasteiger partial charge in [-0.25, -0.2) is 8.42 Å². The van der Waals surface area contributed by atoms with Gasteiger partial charge in [-0.05, 0) is 67.0 Å². The van der Waals surface area contributed by atoms with Gasteiger partial charge in [-0.3, -0.25) is 9.78 Å². The average Bonchev–Trinajstić information content (AvgIpc) is 3.72. The molecule has 0 spiro atoms. The highest BCUT2D eigenvalue weighted by Gasteiger charge is 2.42. The van der Waals surface area contributed by atoms with Gasteiger partial charge in [0.05, 0.1) is 35.8 Å². The molecule has 0 bridgehead atoms. The number of alkyl halides is 2. The van der Waals surface area contributed by atoms with E-state index in [1.165, 1.54) is 63.0 Å². The highest BCUT2D eigenvalue weighted by molar-refractivity contribution is 7.89. The average molecular weight is 702 g/mol. The Hall–Kier alpha value is -3.39. The van der Waals surface area contributed by atoms with Crippen LogP contribution in [0.1, 0.15) is 42.9 Å². The van der Waals surface area contributed by atoms with Gasteiger partial charge in [0.25, 0.3) is 0 Å². The van der Waals surface area contributed by atoms with Crippen molar-refractivity contribution < 1.29 is 45.7 Å². The van der Waals surface area contributed by atoms with Gasteiger partial charge in [0.2, 0.25) is 10.0 Å². The molecule has 0 N–H and O–H groups in total. The fourth-order valence-electron chi connectivity index (χ4n) is 5.16. The summed E-state index contributed by atoms with van der Waals surface area (Å²) in [5.74, 6) is -0.0514. The van der Waals surface area contributed by atoms with Crippen molar-refractivity contribution in [1.82, 2.24) is 9.29 Å². The molecule has 2 heterocycles. The van der Waals surface area contributed by atoms with Gasteiger partial charge < -0.3 is 23.7 Å². The molecule has 0 unspecified atom stereocenters. The molecule has 2 aromatic carbocycles. The van der Waals surface area contributed by atoms with Crippen LogP contribution in [0, 0.1) is 5.92 Å². The van der Waals surface area contributed by atoms with Gasteiger partial charge in [0, 0.05) is 31.4 Å². The van der Waals surface area contributed by atoms with Crippen LogP contribution >= 0.6 is 23.2 Å². The summed E-state index contributed by atoms with van der Waals surface area (Å²) in [7, 11) is -1.34. The summed E-state index contributed by atoms with van der Waals surface area (Å²) < 4.78 is 82.0. The maximum absolute atomic E-state index is 13.8. The lowest BCUT2D eigenvalue weighted by Crippen LogP contribution is -2.41. The van der Waals surface area contributed by atoms with Crippen molar-refractivity contribution in [3.05, 3.63) is 70.0 Å². The molecule has 248 valence electrons. The molecular formula is C31H32Cl2F2N2O8S. The Balaban J connectivity index is 1.46. The van der Waals surface area contributed by atoms with E-state index in [9.17, 15) is 22.0 Å². The van der Waals surface area contributed by atoms with Gasteiger partial charge in [-0.2, -0.15) is 13.1 Å². The minimum Gasteiger partial charge on any atom is -0.493 e. The summed E-state index contributed by atoms with van der Waals surface area (Å²) in [5.41, 5.74) is 0.794. The number of aromatic nitrogens is 1. The Bertz CT molecular complexity index is 1660. The minimum atomic E-state index is -4.16. The van der Waals surface area contributed by atoms with E-state index >= 15 is 0 Å². The van der Waals surface area contributed by atoms with Crippen LogP contribution in [0.4, 0.5) is 8.78 Å². The number of hydrogen-bond acceptors (Lipinski definition) is 9. The van der Waals surface area contributed by atoms with Crippen molar-refractivity contribution in [3.8, 4) is 23.0 Å². The normalized spacial score (nSPS) is 17.5. The van der Waals surface area contributed by atoms with E-state index in [2.05, 4.69) is 9.72 Å². The van der Waals surface area contributed by atoms with Crippen molar-refractivity contribution in [2.24, 2.45) is 5.92 Å². The van der Waals surface area contributed by atoms with Crippen LogP contribution < -0.4 is 18.9 Å². The van der Waals surface area contributed by atoms with Gasteiger partial charge in [0.1, 0.15) is 12.1 Å². The smallest absolute Gasteiger partial charge is 0.387 e. The lowest BCUT2D eigenvalue weighted by molar-refractivity contribution is -0.153. The Labute approximate surface area is 275 Å². The first-order valence-corrected chi connectivity index (χ1v) is 16.6. The number of methoxy groups -OCH3 is 2. The quantitative estimate of drug-likeness (QED) is 0.175. The molecule has 1 aliphatic carbocycles. The zero-order valence-corrected chi connectivity index (χ0v) is 27.3. The lowest BCUT2D eigenvalue weighted by Gasteiger charge is -2.26. The van der Waals surface area contributed by atoms with Crippen LogP contribution in [0.3, 0.4) is 0 Å². The Morgan fingerprint density at radius 2 is 1.67 bits per heavy atom. The molecule has 1 aliphatic heterocycles. The molecule has 46 heavy (non-hydrogen) atoms. The van der Waals surface area contributed by atoms with Crippen LogP contribution in [0.15, 0.2) is 53.7 Å². The third-order valence-electron chi connectivity index (χ3n) is 7.76. The maximum atomic E-state index is 13.8. The van der Waals surface area contributed by atoms with Crippen molar-refractivity contribution in [2.45, 2.75) is 55.8 Å². The Morgan fingerprint density at radius 1 is 0.978 bits per heavy atom. The maximum Gasteiger partial charge on any atom is 0.387 e. The van der Waals surface area contributed by atoms with E-state index in [0.29, 0.717) is 35.8 Å². The van der Waals surface area contributed by atoms with Crippen LogP contribution in [-0.4, -0.2) is 63.7 Å². The molecule has 0 radical (unpaired) electrons. The number of halogens is 4. The highest BCUT2D eigenvalue weighted by Crippen LogP contribution is 2.39. The van der Waals surface area contributed by atoms with E-state index in [0.717, 1.165) is 17.1 Å². The summed E-state index contributed by atoms with van der Waals surface area (Å²) in [6.45, 7) is -2.69. The third-order valence-corrected chi connectivity index (χ3v) is 10.3. The third kappa shape index (κ3) is 7.76. The Kier molecular flexibility index (Phi) is 10.8. The number of sulfonamides is 1. The van der Waals surface area contributed by atoms with Gasteiger partial charge in [-0.1, -0.05) is 29.3 Å². The number of carbonyl (C=O) groups excluding carboxylic acids is 1. The number of ether oxygens (including phenoxy) is 5. The predicted molar refractivity (Wildman–Crippen MR) is 165 cm³/mol. The molecule has 2 fully saturated rings. The predicted octanol–water partition coefficient (Wildman–Crippen LogP) is 6.48. The van der Waals surface area contributed by atoms with Crippen molar-refractivity contribution >= 4 is 39.2 Å². The largest absolute Gasteiger partial charge is 0.493 e. The number of nitrogens with zero attached hydrogens (tertiary/aromatic N) is 2. The number of esters is 1. The molecule has 2 atom stereocenters. The zero-order chi connectivity index (χ0) is 33.0. The zero-order valence-electron chi connectivity index (χ0n) is 25.0. The van der Waals surface area contributed by atoms with E-state index in [4.69, 9.17) is 42.1 Å². The number of benzene rings is 2. The fourth-order valence-corrected chi connectivity index (χ4v) is 7.35. The van der Waals surface area contributed by atoms with E-state index in [-0.39, 0.29) is 51.6 Å². The minimum absolute atomic E-state index is 0.0296. The SMILES string of the molecule is COc1ccc(S(=O)(=O)N2CCC[C@H]2C(=O)O[C@@H](Cc2c(Cl)cncc2Cl)c2ccc(OC(F)F)c(OCC3CC3)c2)cc1OC. The van der Waals surface area contributed by atoms with Gasteiger partial charge in [-0.15, -0.1) is 0 Å². The van der Waals surface area contributed by atoms with Gasteiger partial charge in [0.15, 0.2) is 23.0 Å². The molecule has 1 saturated carbocycles. The summed E-state index contributed by atoms with van der Waals surface area (Å²) in [6, 6.07) is 7.28. The molecule has 1 aromatic heterocycles. The van der Waals surface area contributed by atoms with Crippen molar-refractivity contribution in [1.29, 1.82) is 0 Å². The summed E-state index contributed by atoms with van der Waals surface area (Å²) in [6.07, 6.45) is 4.24. The first-order chi connectivity index (χ1) is 22.0. The molecule has 1 saturated heterocycles. The van der Waals surface area contributed by atoms with Crippen LogP contribution in [-0.2, 0) is 26.0 Å². The topological polar surface area (TPSA) is 113 Å². The van der Waals surface area contributed by atoms with Crippen molar-refractivity contribution in [2.75, 3.05) is 27.4 Å². The molecule has 3 aromatic rings. The number of hydrogen-bond donors (Lipinski definition) is 0. The Morgan fingerprint density at radius 3 is 2.33 bits per heavy atom. The van der Waals surface area contributed by atoms with E-state index in [1.54, 1.807) is 0 Å². The van der Waals surface area contributed by atoms with Crippen LogP contribution in [0.2, 0.25) is 10.0 Å². The second-order valence-electron chi connectivity index (χ2n) is 10.8. The van der Waals surface area contributed by atoms with E-state index < -0.39 is 34.7 Å². The highest BCUT2D eigenvalue weighted by atomic mass is 35.5. The summed E-state index contributed by atoms with van der Waals surface area (Å²) in [5, 5.41) is 0.435. The standard InChI is InChI=1S/C31H32Cl2F2N2O8S/c1-41-25-10-8-20(13-28(25)42-2)46(39,40)37-11-3-4-24(37)30(38)44-27(14-21-22(32)15-36-16-23(21)33)19-7-9-26(45-31(34)35)29(12-19)43-17-18-5-6-18/h7-10,12-13,15-16,18,24,27,31H,3-6,11,14,17H2,1-2H3/t24-,27-/m0/s1. The van der Waals surface area contributed by atoms with E-state index in [1.807, 2.05) is 0 Å². The van der Waals surface area contributed by atoms with Gasteiger partial charge >= 0.3 is 12.6 Å². The molecule has 2 aliphatic rings. The second kappa shape index (κ2) is 14.6. The molecule has 5 rings (SSSR count). The first-order valence-electron chi connectivity index (χ1n) is 14.5. The van der Waals surface area contributed by atoms with Crippen LogP contribution in [0.5, 0.6) is 23.0 Å². The molecule has 15 heteroatoms. The molecule has 0 amide bonds. The monoisotopic (exact) mass is 700 g/mol. The van der Waals surface area contributed by atoms with Crippen LogP contribution in [0.25, 0.3) is 0 Å². The lowest BCUT2D eigenvalue weighted by atomic mass is 10.0. The summed E-state index contributed by atoms with van der Waals surface area (Å²) in [4.78, 5) is 17.7. The summed E-state index contributed by atoms with van der Waals surface area (Å²) >= 11 is 12.8. The number of rotatable bonds is 14. The molecular weight excluding hydrogens is 669 g/mol. The molecule has 10 nitrogen and oxygen atoms in total. The fraction of sp³-hybridized carbons (Fsp3) is 0.419. The number of carbonyl (C=O) groups is 1. The first kappa shape index (κ1) is 34.0. The van der Waals surface area contributed by atoms with Crippen molar-refractivity contribution in [3.63, 3.8) is 0 Å². The second-order valence-corrected chi connectivity index (χ2v) is 13.5. The number of pyridine rings is 1.